The summed E-state index contributed by atoms with van der Waals surface area (Å²) in [6.07, 6.45) is 0.614. The number of carbonyl (C=O) groups excluding carboxylic acids is 1. The zero-order chi connectivity index (χ0) is 18.6. The molecule has 1 amide bonds. The lowest BCUT2D eigenvalue weighted by atomic mass is 10.1. The van der Waals surface area contributed by atoms with Gasteiger partial charge in [-0.2, -0.15) is 0 Å². The van der Waals surface area contributed by atoms with Crippen molar-refractivity contribution in [2.24, 2.45) is 0 Å². The molecule has 0 aromatic heterocycles. The number of carbonyl (C=O) groups is 1. The summed E-state index contributed by atoms with van der Waals surface area (Å²) >= 11 is 0. The summed E-state index contributed by atoms with van der Waals surface area (Å²) in [4.78, 5) is 14.6. The van der Waals surface area contributed by atoms with Gasteiger partial charge in [-0.25, -0.2) is 12.7 Å². The molecule has 1 saturated heterocycles. The Labute approximate surface area is 149 Å². The van der Waals surface area contributed by atoms with E-state index in [9.17, 15) is 13.2 Å². The Morgan fingerprint density at radius 2 is 1.84 bits per heavy atom. The second kappa shape index (κ2) is 8.05. The Hall–Kier alpha value is -1.80. The molecule has 1 aromatic carbocycles. The van der Waals surface area contributed by atoms with Crippen LogP contribution in [-0.2, 0) is 10.0 Å². The first-order valence-corrected chi connectivity index (χ1v) is 9.95. The van der Waals surface area contributed by atoms with Crippen molar-refractivity contribution in [3.05, 3.63) is 23.3 Å². The zero-order valence-electron chi connectivity index (χ0n) is 15.2. The molecule has 1 aliphatic heterocycles. The summed E-state index contributed by atoms with van der Waals surface area (Å²) in [6, 6.07) is 3.44. The molecule has 1 fully saturated rings. The molecule has 25 heavy (non-hydrogen) atoms. The second-order valence-corrected chi connectivity index (χ2v) is 8.18. The van der Waals surface area contributed by atoms with Crippen LogP contribution >= 0.6 is 0 Å². The SMILES string of the molecule is CCS(=O)(=O)N1CCCN(C(=O)c2ccc(OC)c(C)c2OC)CC1. The van der Waals surface area contributed by atoms with Crippen LogP contribution in [0.4, 0.5) is 0 Å². The molecule has 0 unspecified atom stereocenters. The lowest BCUT2D eigenvalue weighted by molar-refractivity contribution is 0.0760. The van der Waals surface area contributed by atoms with Gasteiger partial charge in [-0.05, 0) is 32.4 Å². The first-order valence-electron chi connectivity index (χ1n) is 8.34. The fraction of sp³-hybridized carbons (Fsp3) is 0.588. The maximum atomic E-state index is 12.9. The molecule has 1 aliphatic rings. The molecule has 0 atom stereocenters. The minimum Gasteiger partial charge on any atom is -0.496 e. The van der Waals surface area contributed by atoms with E-state index in [1.807, 2.05) is 6.92 Å². The van der Waals surface area contributed by atoms with Crippen molar-refractivity contribution in [1.29, 1.82) is 0 Å². The normalized spacial score (nSPS) is 16.4. The molecular formula is C17H26N2O5S. The average molecular weight is 370 g/mol. The Balaban J connectivity index is 2.23. The van der Waals surface area contributed by atoms with Crippen LogP contribution in [0, 0.1) is 6.92 Å². The van der Waals surface area contributed by atoms with Crippen LogP contribution < -0.4 is 9.47 Å². The fourth-order valence-electron chi connectivity index (χ4n) is 3.05. The van der Waals surface area contributed by atoms with Crippen molar-refractivity contribution in [1.82, 2.24) is 9.21 Å². The van der Waals surface area contributed by atoms with Gasteiger partial charge in [-0.3, -0.25) is 4.79 Å². The second-order valence-electron chi connectivity index (χ2n) is 5.92. The van der Waals surface area contributed by atoms with E-state index in [1.54, 1.807) is 31.1 Å². The van der Waals surface area contributed by atoms with Crippen molar-refractivity contribution in [3.8, 4) is 11.5 Å². The molecule has 0 saturated carbocycles. The number of benzene rings is 1. The van der Waals surface area contributed by atoms with Crippen molar-refractivity contribution in [3.63, 3.8) is 0 Å². The maximum absolute atomic E-state index is 12.9. The summed E-state index contributed by atoms with van der Waals surface area (Å²) < 4.78 is 36.3. The predicted octanol–water partition coefficient (Wildman–Crippen LogP) is 1.51. The molecule has 7 nitrogen and oxygen atoms in total. The number of methoxy groups -OCH3 is 2. The highest BCUT2D eigenvalue weighted by atomic mass is 32.2. The van der Waals surface area contributed by atoms with E-state index < -0.39 is 10.0 Å². The van der Waals surface area contributed by atoms with Gasteiger partial charge >= 0.3 is 0 Å². The summed E-state index contributed by atoms with van der Waals surface area (Å²) in [6.45, 7) is 5.12. The Bertz CT molecular complexity index is 733. The molecule has 0 spiro atoms. The molecule has 8 heteroatoms. The molecule has 140 valence electrons. The summed E-state index contributed by atoms with van der Waals surface area (Å²) in [7, 11) is -0.138. The standard InChI is InChI=1S/C17H26N2O5S/c1-5-25(21,22)19-10-6-9-18(11-12-19)17(20)14-7-8-15(23-3)13(2)16(14)24-4/h7-8H,5-6,9-12H2,1-4H3. The highest BCUT2D eigenvalue weighted by Gasteiger charge is 2.28. The first-order chi connectivity index (χ1) is 11.9. The van der Waals surface area contributed by atoms with E-state index in [4.69, 9.17) is 9.47 Å². The van der Waals surface area contributed by atoms with E-state index in [2.05, 4.69) is 0 Å². The van der Waals surface area contributed by atoms with Crippen LogP contribution in [0.3, 0.4) is 0 Å². The van der Waals surface area contributed by atoms with Crippen molar-refractivity contribution in [2.75, 3.05) is 46.2 Å². The smallest absolute Gasteiger partial charge is 0.257 e. The number of amides is 1. The van der Waals surface area contributed by atoms with E-state index in [0.29, 0.717) is 49.7 Å². The quantitative estimate of drug-likeness (QED) is 0.785. The summed E-state index contributed by atoms with van der Waals surface area (Å²) in [5.74, 6) is 1.07. The van der Waals surface area contributed by atoms with Crippen LogP contribution in [0.15, 0.2) is 12.1 Å². The predicted molar refractivity (Wildman–Crippen MR) is 95.8 cm³/mol. The van der Waals surface area contributed by atoms with Gasteiger partial charge < -0.3 is 14.4 Å². The van der Waals surface area contributed by atoms with E-state index in [-0.39, 0.29) is 11.7 Å². The van der Waals surface area contributed by atoms with Crippen LogP contribution in [0.2, 0.25) is 0 Å². The van der Waals surface area contributed by atoms with Crippen molar-refractivity contribution < 1.29 is 22.7 Å². The zero-order valence-corrected chi connectivity index (χ0v) is 16.1. The van der Waals surface area contributed by atoms with E-state index in [0.717, 1.165) is 5.56 Å². The lowest BCUT2D eigenvalue weighted by Crippen LogP contribution is -2.38. The van der Waals surface area contributed by atoms with Crippen molar-refractivity contribution >= 4 is 15.9 Å². The van der Waals surface area contributed by atoms with Crippen LogP contribution in [-0.4, -0.2) is 69.7 Å². The van der Waals surface area contributed by atoms with Crippen LogP contribution in [0.25, 0.3) is 0 Å². The molecule has 0 bridgehead atoms. The minimum absolute atomic E-state index is 0.0758. The Kier molecular flexibility index (Phi) is 6.29. The molecule has 2 rings (SSSR count). The maximum Gasteiger partial charge on any atom is 0.257 e. The molecule has 0 radical (unpaired) electrons. The minimum atomic E-state index is -3.23. The highest BCUT2D eigenvalue weighted by Crippen LogP contribution is 2.32. The third kappa shape index (κ3) is 4.07. The lowest BCUT2D eigenvalue weighted by Gasteiger charge is -2.23. The largest absolute Gasteiger partial charge is 0.496 e. The van der Waals surface area contributed by atoms with Gasteiger partial charge in [-0.15, -0.1) is 0 Å². The van der Waals surface area contributed by atoms with Gasteiger partial charge in [0.05, 0.1) is 25.5 Å². The Morgan fingerprint density at radius 3 is 2.44 bits per heavy atom. The van der Waals surface area contributed by atoms with Crippen LogP contribution in [0.5, 0.6) is 11.5 Å². The summed E-state index contributed by atoms with van der Waals surface area (Å²) in [5.41, 5.74) is 1.23. The Morgan fingerprint density at radius 1 is 1.12 bits per heavy atom. The van der Waals surface area contributed by atoms with Gasteiger partial charge in [0.1, 0.15) is 11.5 Å². The molecule has 0 N–H and O–H groups in total. The van der Waals surface area contributed by atoms with E-state index >= 15 is 0 Å². The van der Waals surface area contributed by atoms with Gasteiger partial charge in [0.15, 0.2) is 0 Å². The monoisotopic (exact) mass is 370 g/mol. The third-order valence-electron chi connectivity index (χ3n) is 4.51. The number of hydrogen-bond donors (Lipinski definition) is 0. The molecule has 1 heterocycles. The van der Waals surface area contributed by atoms with Gasteiger partial charge in [-0.1, -0.05) is 0 Å². The molecule has 0 aliphatic carbocycles. The highest BCUT2D eigenvalue weighted by molar-refractivity contribution is 7.89. The number of ether oxygens (including phenoxy) is 2. The van der Waals surface area contributed by atoms with Crippen LogP contribution in [0.1, 0.15) is 29.3 Å². The number of nitrogens with zero attached hydrogens (tertiary/aromatic N) is 2. The number of rotatable bonds is 5. The third-order valence-corrected chi connectivity index (χ3v) is 6.39. The van der Waals surface area contributed by atoms with Crippen molar-refractivity contribution in [2.45, 2.75) is 20.3 Å². The topological polar surface area (TPSA) is 76.2 Å². The summed E-state index contributed by atoms with van der Waals surface area (Å²) in [5, 5.41) is 0. The molecule has 1 aromatic rings. The number of sulfonamides is 1. The van der Waals surface area contributed by atoms with Gasteiger partial charge in [0.2, 0.25) is 10.0 Å². The molecular weight excluding hydrogens is 344 g/mol. The average Bonchev–Trinajstić information content (AvgIpc) is 2.87. The van der Waals surface area contributed by atoms with Gasteiger partial charge in [0.25, 0.3) is 5.91 Å². The first kappa shape index (κ1) is 19.5. The van der Waals surface area contributed by atoms with Gasteiger partial charge in [0, 0.05) is 31.7 Å². The van der Waals surface area contributed by atoms with E-state index in [1.165, 1.54) is 11.4 Å². The fourth-order valence-corrected chi connectivity index (χ4v) is 4.19. The number of hydrogen-bond acceptors (Lipinski definition) is 5.